The van der Waals surface area contributed by atoms with E-state index in [0.717, 1.165) is 5.69 Å². The number of amides is 2. The van der Waals surface area contributed by atoms with Crippen LogP contribution < -0.4 is 5.32 Å². The first kappa shape index (κ1) is 17.6. The molecule has 1 aliphatic heterocycles. The second-order valence-electron chi connectivity index (χ2n) is 6.16. The van der Waals surface area contributed by atoms with E-state index in [1.165, 1.54) is 18.3 Å². The summed E-state index contributed by atoms with van der Waals surface area (Å²) in [6.07, 6.45) is 2.43. The summed E-state index contributed by atoms with van der Waals surface area (Å²) in [6.45, 7) is 0.870. The minimum atomic E-state index is -1.10. The maximum atomic E-state index is 12.5. The number of aromatic nitrogens is 1. The van der Waals surface area contributed by atoms with E-state index < -0.39 is 5.97 Å². The van der Waals surface area contributed by atoms with Crippen LogP contribution in [0.4, 0.5) is 5.69 Å². The molecule has 1 saturated heterocycles. The number of hydrogen-bond acceptors (Lipinski definition) is 4. The molecule has 0 bridgehead atoms. The highest BCUT2D eigenvalue weighted by Gasteiger charge is 2.28. The van der Waals surface area contributed by atoms with Crippen molar-refractivity contribution < 1.29 is 19.5 Å². The minimum absolute atomic E-state index is 0.0282. The molecule has 0 aliphatic carbocycles. The summed E-state index contributed by atoms with van der Waals surface area (Å²) in [4.78, 5) is 41.5. The van der Waals surface area contributed by atoms with Crippen molar-refractivity contribution in [2.75, 3.05) is 18.4 Å². The summed E-state index contributed by atoms with van der Waals surface area (Å²) < 4.78 is 0. The Labute approximate surface area is 150 Å². The van der Waals surface area contributed by atoms with Gasteiger partial charge < -0.3 is 15.3 Å². The topological polar surface area (TPSA) is 99.6 Å². The number of piperidine rings is 1. The van der Waals surface area contributed by atoms with Crippen LogP contribution in [0.2, 0.25) is 0 Å². The van der Waals surface area contributed by atoms with Crippen molar-refractivity contribution >= 4 is 23.5 Å². The third-order valence-corrected chi connectivity index (χ3v) is 4.42. The number of carbonyl (C=O) groups excluding carboxylic acids is 2. The molecule has 134 valence electrons. The van der Waals surface area contributed by atoms with E-state index in [9.17, 15) is 14.4 Å². The van der Waals surface area contributed by atoms with Crippen LogP contribution in [0, 0.1) is 5.92 Å². The summed E-state index contributed by atoms with van der Waals surface area (Å²) in [5.74, 6) is -1.61. The molecule has 0 saturated carbocycles. The first-order valence-electron chi connectivity index (χ1n) is 8.39. The van der Waals surface area contributed by atoms with Gasteiger partial charge in [-0.25, -0.2) is 4.79 Å². The van der Waals surface area contributed by atoms with Gasteiger partial charge in [-0.05, 0) is 37.1 Å². The van der Waals surface area contributed by atoms with Crippen LogP contribution in [0.5, 0.6) is 0 Å². The zero-order valence-corrected chi connectivity index (χ0v) is 14.1. The number of para-hydroxylation sites is 1. The van der Waals surface area contributed by atoms with Crippen LogP contribution >= 0.6 is 0 Å². The molecule has 0 unspecified atom stereocenters. The van der Waals surface area contributed by atoms with Crippen LogP contribution in [0.15, 0.2) is 48.7 Å². The Kier molecular flexibility index (Phi) is 5.26. The number of anilines is 1. The monoisotopic (exact) mass is 353 g/mol. The highest BCUT2D eigenvalue weighted by molar-refractivity contribution is 5.96. The van der Waals surface area contributed by atoms with E-state index in [-0.39, 0.29) is 29.0 Å². The minimum Gasteiger partial charge on any atom is -0.478 e. The number of aromatic carboxylic acids is 1. The van der Waals surface area contributed by atoms with Gasteiger partial charge in [0.2, 0.25) is 5.91 Å². The van der Waals surface area contributed by atoms with Crippen molar-refractivity contribution in [3.8, 4) is 0 Å². The van der Waals surface area contributed by atoms with Gasteiger partial charge in [0, 0.05) is 30.9 Å². The fourth-order valence-electron chi connectivity index (χ4n) is 2.95. The maximum Gasteiger partial charge on any atom is 0.335 e. The molecule has 3 rings (SSSR count). The SMILES string of the molecule is O=C(O)c1ccnc(C(=O)N2CCC(C(=O)Nc3ccccc3)CC2)c1. The third kappa shape index (κ3) is 4.05. The molecule has 7 heteroatoms. The Bertz CT molecular complexity index is 815. The standard InChI is InChI=1S/C19H19N3O4/c23-17(21-15-4-2-1-3-5-15)13-7-10-22(11-8-13)18(24)16-12-14(19(25)26)6-9-20-16/h1-6,9,12-13H,7-8,10-11H2,(H,21,23)(H,25,26). The van der Waals surface area contributed by atoms with E-state index in [4.69, 9.17) is 5.11 Å². The molecule has 1 aromatic heterocycles. The predicted molar refractivity (Wildman–Crippen MR) is 94.9 cm³/mol. The Balaban J connectivity index is 1.58. The van der Waals surface area contributed by atoms with Gasteiger partial charge in [-0.3, -0.25) is 14.6 Å². The number of rotatable bonds is 4. The Morgan fingerprint density at radius 1 is 1.08 bits per heavy atom. The van der Waals surface area contributed by atoms with Crippen molar-refractivity contribution in [3.63, 3.8) is 0 Å². The fourth-order valence-corrected chi connectivity index (χ4v) is 2.95. The summed E-state index contributed by atoms with van der Waals surface area (Å²) in [6, 6.07) is 11.9. The van der Waals surface area contributed by atoms with E-state index in [1.807, 2.05) is 30.3 Å². The Morgan fingerprint density at radius 2 is 1.77 bits per heavy atom. The molecular formula is C19H19N3O4. The van der Waals surface area contributed by atoms with Crippen molar-refractivity contribution in [1.29, 1.82) is 0 Å². The molecule has 2 aromatic rings. The second kappa shape index (κ2) is 7.77. The number of carboxylic acid groups (broad SMARTS) is 1. The molecule has 7 nitrogen and oxygen atoms in total. The van der Waals surface area contributed by atoms with Crippen LogP contribution in [0.25, 0.3) is 0 Å². The molecule has 1 aliphatic rings. The van der Waals surface area contributed by atoms with Crippen molar-refractivity contribution in [2.24, 2.45) is 5.92 Å². The predicted octanol–water partition coefficient (Wildman–Crippen LogP) is 2.27. The zero-order chi connectivity index (χ0) is 18.5. The van der Waals surface area contributed by atoms with E-state index in [1.54, 1.807) is 4.90 Å². The summed E-state index contributed by atoms with van der Waals surface area (Å²) in [5, 5.41) is 11.9. The lowest BCUT2D eigenvalue weighted by Crippen LogP contribution is -2.41. The zero-order valence-electron chi connectivity index (χ0n) is 14.1. The lowest BCUT2D eigenvalue weighted by atomic mass is 9.95. The van der Waals surface area contributed by atoms with E-state index >= 15 is 0 Å². The van der Waals surface area contributed by atoms with Crippen LogP contribution in [0.1, 0.15) is 33.7 Å². The molecule has 26 heavy (non-hydrogen) atoms. The van der Waals surface area contributed by atoms with Gasteiger partial charge in [0.15, 0.2) is 0 Å². The molecule has 0 spiro atoms. The number of hydrogen-bond donors (Lipinski definition) is 2. The normalized spacial score (nSPS) is 14.7. The summed E-state index contributed by atoms with van der Waals surface area (Å²) in [5.41, 5.74) is 0.892. The van der Waals surface area contributed by atoms with Gasteiger partial charge in [0.05, 0.1) is 5.56 Å². The fraction of sp³-hybridized carbons (Fsp3) is 0.263. The van der Waals surface area contributed by atoms with Gasteiger partial charge in [-0.15, -0.1) is 0 Å². The van der Waals surface area contributed by atoms with Crippen molar-refractivity contribution in [2.45, 2.75) is 12.8 Å². The first-order valence-corrected chi connectivity index (χ1v) is 8.39. The Morgan fingerprint density at radius 3 is 2.42 bits per heavy atom. The summed E-state index contributed by atoms with van der Waals surface area (Å²) >= 11 is 0. The van der Waals surface area contributed by atoms with Crippen LogP contribution in [-0.2, 0) is 4.79 Å². The quantitative estimate of drug-likeness (QED) is 0.878. The molecule has 2 N–H and O–H groups in total. The number of carbonyl (C=O) groups is 3. The molecule has 2 amide bonds. The second-order valence-corrected chi connectivity index (χ2v) is 6.16. The lowest BCUT2D eigenvalue weighted by molar-refractivity contribution is -0.121. The number of benzene rings is 1. The molecule has 1 aromatic carbocycles. The van der Waals surface area contributed by atoms with E-state index in [0.29, 0.717) is 25.9 Å². The highest BCUT2D eigenvalue weighted by Crippen LogP contribution is 2.21. The number of nitrogens with one attached hydrogen (secondary N) is 1. The molecule has 2 heterocycles. The molecular weight excluding hydrogens is 334 g/mol. The summed E-state index contributed by atoms with van der Waals surface area (Å²) in [7, 11) is 0. The van der Waals surface area contributed by atoms with Gasteiger partial charge in [-0.2, -0.15) is 0 Å². The van der Waals surface area contributed by atoms with Crippen molar-refractivity contribution in [3.05, 3.63) is 59.9 Å². The molecule has 0 radical (unpaired) electrons. The average Bonchev–Trinajstić information content (AvgIpc) is 2.68. The average molecular weight is 353 g/mol. The van der Waals surface area contributed by atoms with Gasteiger partial charge in [0.25, 0.3) is 5.91 Å². The molecule has 0 atom stereocenters. The largest absolute Gasteiger partial charge is 0.478 e. The van der Waals surface area contributed by atoms with Gasteiger partial charge in [0.1, 0.15) is 5.69 Å². The van der Waals surface area contributed by atoms with Crippen LogP contribution in [-0.4, -0.2) is 45.9 Å². The van der Waals surface area contributed by atoms with Crippen LogP contribution in [0.3, 0.4) is 0 Å². The maximum absolute atomic E-state index is 12.5. The van der Waals surface area contributed by atoms with E-state index in [2.05, 4.69) is 10.3 Å². The smallest absolute Gasteiger partial charge is 0.335 e. The van der Waals surface area contributed by atoms with Gasteiger partial charge in [-0.1, -0.05) is 18.2 Å². The number of likely N-dealkylation sites (tertiary alicyclic amines) is 1. The first-order chi connectivity index (χ1) is 12.5. The highest BCUT2D eigenvalue weighted by atomic mass is 16.4. The lowest BCUT2D eigenvalue weighted by Gasteiger charge is -2.31. The van der Waals surface area contributed by atoms with Gasteiger partial charge >= 0.3 is 5.97 Å². The third-order valence-electron chi connectivity index (χ3n) is 4.42. The number of pyridine rings is 1. The number of carboxylic acids is 1. The number of nitrogens with zero attached hydrogens (tertiary/aromatic N) is 2. The molecule has 1 fully saturated rings. The van der Waals surface area contributed by atoms with Crippen molar-refractivity contribution in [1.82, 2.24) is 9.88 Å². The Hall–Kier alpha value is -3.22.